The van der Waals surface area contributed by atoms with Crippen LogP contribution in [0.25, 0.3) is 0 Å². The van der Waals surface area contributed by atoms with Crippen LogP contribution in [0.4, 0.5) is 5.69 Å². The monoisotopic (exact) mass is 213 g/mol. The molecule has 1 heterocycles. The predicted molar refractivity (Wildman–Crippen MR) is 64.3 cm³/mol. The lowest BCUT2D eigenvalue weighted by Gasteiger charge is -2.24. The molecular formula is C14H15NO. The molecular weight excluding hydrogens is 198 g/mol. The van der Waals surface area contributed by atoms with Crippen LogP contribution in [0.1, 0.15) is 37.2 Å². The molecule has 1 aliphatic carbocycles. The molecule has 1 aliphatic heterocycles. The summed E-state index contributed by atoms with van der Waals surface area (Å²) in [6, 6.07) is 8.11. The SMILES string of the molecule is O=C(CC1C=Nc2ccccc21)C1CCC1. The van der Waals surface area contributed by atoms with Gasteiger partial charge >= 0.3 is 0 Å². The molecule has 0 bridgehead atoms. The Morgan fingerprint density at radius 1 is 1.31 bits per heavy atom. The highest BCUT2D eigenvalue weighted by Crippen LogP contribution is 2.36. The van der Waals surface area contributed by atoms with E-state index in [1.54, 1.807) is 0 Å². The van der Waals surface area contributed by atoms with Gasteiger partial charge in [0.1, 0.15) is 5.78 Å². The molecule has 1 atom stereocenters. The van der Waals surface area contributed by atoms with Crippen LogP contribution in [0.5, 0.6) is 0 Å². The second-order valence-electron chi connectivity index (χ2n) is 4.74. The summed E-state index contributed by atoms with van der Waals surface area (Å²) < 4.78 is 0. The molecule has 16 heavy (non-hydrogen) atoms. The number of aliphatic imine (C=N–C) groups is 1. The van der Waals surface area contributed by atoms with Crippen molar-refractivity contribution in [2.75, 3.05) is 0 Å². The van der Waals surface area contributed by atoms with Crippen molar-refractivity contribution in [1.82, 2.24) is 0 Å². The Bertz CT molecular complexity index is 446. The van der Waals surface area contributed by atoms with E-state index in [-0.39, 0.29) is 5.92 Å². The molecule has 0 radical (unpaired) electrons. The molecule has 0 spiro atoms. The van der Waals surface area contributed by atoms with E-state index in [0.717, 1.165) is 18.5 Å². The maximum absolute atomic E-state index is 11.9. The van der Waals surface area contributed by atoms with Gasteiger partial charge in [-0.2, -0.15) is 0 Å². The zero-order chi connectivity index (χ0) is 11.0. The number of benzene rings is 1. The lowest BCUT2D eigenvalue weighted by molar-refractivity contribution is -0.125. The summed E-state index contributed by atoms with van der Waals surface area (Å²) in [4.78, 5) is 16.3. The van der Waals surface area contributed by atoms with Crippen LogP contribution in [0.2, 0.25) is 0 Å². The number of carbonyl (C=O) groups excluding carboxylic acids is 1. The molecule has 82 valence electrons. The van der Waals surface area contributed by atoms with Gasteiger partial charge in [0.25, 0.3) is 0 Å². The summed E-state index contributed by atoms with van der Waals surface area (Å²) in [5.41, 5.74) is 2.25. The van der Waals surface area contributed by atoms with Gasteiger partial charge in [-0.1, -0.05) is 24.6 Å². The molecule has 1 saturated carbocycles. The van der Waals surface area contributed by atoms with Crippen molar-refractivity contribution in [1.29, 1.82) is 0 Å². The number of hydrogen-bond acceptors (Lipinski definition) is 2. The van der Waals surface area contributed by atoms with E-state index in [2.05, 4.69) is 11.1 Å². The molecule has 1 unspecified atom stereocenters. The Hall–Kier alpha value is -1.44. The summed E-state index contributed by atoms with van der Waals surface area (Å²) in [6.45, 7) is 0. The van der Waals surface area contributed by atoms with Gasteiger partial charge in [0.05, 0.1) is 5.69 Å². The normalized spacial score (nSPS) is 22.9. The molecule has 1 aromatic carbocycles. The number of carbonyl (C=O) groups is 1. The molecule has 0 saturated heterocycles. The average molecular weight is 213 g/mol. The maximum Gasteiger partial charge on any atom is 0.136 e. The van der Waals surface area contributed by atoms with Crippen LogP contribution in [-0.4, -0.2) is 12.0 Å². The highest BCUT2D eigenvalue weighted by Gasteiger charge is 2.29. The van der Waals surface area contributed by atoms with E-state index in [4.69, 9.17) is 0 Å². The van der Waals surface area contributed by atoms with Crippen molar-refractivity contribution < 1.29 is 4.79 Å². The van der Waals surface area contributed by atoms with Gasteiger partial charge in [0.15, 0.2) is 0 Å². The van der Waals surface area contributed by atoms with E-state index in [0.29, 0.717) is 18.1 Å². The van der Waals surface area contributed by atoms with Crippen LogP contribution in [0.3, 0.4) is 0 Å². The number of hydrogen-bond donors (Lipinski definition) is 0. The van der Waals surface area contributed by atoms with Crippen molar-refractivity contribution in [3.63, 3.8) is 0 Å². The van der Waals surface area contributed by atoms with Gasteiger partial charge in [-0.05, 0) is 24.5 Å². The summed E-state index contributed by atoms with van der Waals surface area (Å²) in [6.07, 6.45) is 6.01. The Morgan fingerprint density at radius 3 is 2.88 bits per heavy atom. The van der Waals surface area contributed by atoms with Crippen molar-refractivity contribution in [3.05, 3.63) is 29.8 Å². The summed E-state index contributed by atoms with van der Waals surface area (Å²) in [5.74, 6) is 1.00. The Labute approximate surface area is 95.4 Å². The topological polar surface area (TPSA) is 29.4 Å². The standard InChI is InChI=1S/C14H15NO/c16-14(10-4-3-5-10)8-11-9-15-13-7-2-1-6-12(11)13/h1-2,6-7,9-11H,3-5,8H2. The Balaban J connectivity index is 1.73. The molecule has 3 rings (SSSR count). The van der Waals surface area contributed by atoms with Crippen molar-refractivity contribution >= 4 is 17.7 Å². The van der Waals surface area contributed by atoms with E-state index in [1.165, 1.54) is 12.0 Å². The van der Waals surface area contributed by atoms with Crippen molar-refractivity contribution in [2.45, 2.75) is 31.6 Å². The number of fused-ring (bicyclic) bond motifs is 1. The number of para-hydroxylation sites is 1. The molecule has 2 heteroatoms. The zero-order valence-electron chi connectivity index (χ0n) is 9.23. The summed E-state index contributed by atoms with van der Waals surface area (Å²) in [7, 11) is 0. The van der Waals surface area contributed by atoms with Crippen LogP contribution >= 0.6 is 0 Å². The molecule has 2 nitrogen and oxygen atoms in total. The van der Waals surface area contributed by atoms with Crippen LogP contribution < -0.4 is 0 Å². The third kappa shape index (κ3) is 1.58. The molecule has 0 aromatic heterocycles. The lowest BCUT2D eigenvalue weighted by atomic mass is 9.79. The minimum absolute atomic E-state index is 0.226. The minimum atomic E-state index is 0.226. The van der Waals surface area contributed by atoms with Crippen molar-refractivity contribution in [2.24, 2.45) is 10.9 Å². The van der Waals surface area contributed by atoms with Gasteiger partial charge in [0, 0.05) is 24.5 Å². The van der Waals surface area contributed by atoms with E-state index in [1.807, 2.05) is 24.4 Å². The Morgan fingerprint density at radius 2 is 2.12 bits per heavy atom. The quantitative estimate of drug-likeness (QED) is 0.757. The largest absolute Gasteiger partial charge is 0.299 e. The first-order valence-corrected chi connectivity index (χ1v) is 6.00. The fraction of sp³-hybridized carbons (Fsp3) is 0.429. The van der Waals surface area contributed by atoms with E-state index >= 15 is 0 Å². The first-order valence-electron chi connectivity index (χ1n) is 6.00. The number of ketones is 1. The van der Waals surface area contributed by atoms with E-state index in [9.17, 15) is 4.79 Å². The second kappa shape index (κ2) is 3.85. The highest BCUT2D eigenvalue weighted by atomic mass is 16.1. The Kier molecular flexibility index (Phi) is 2.35. The minimum Gasteiger partial charge on any atom is -0.299 e. The number of Topliss-reactive ketones (excluding diaryl/α,β-unsaturated/α-hetero) is 1. The fourth-order valence-electron chi connectivity index (χ4n) is 2.45. The second-order valence-corrected chi connectivity index (χ2v) is 4.74. The van der Waals surface area contributed by atoms with Crippen LogP contribution in [0, 0.1) is 5.92 Å². The fourth-order valence-corrected chi connectivity index (χ4v) is 2.45. The molecule has 1 fully saturated rings. The third-order valence-electron chi connectivity index (χ3n) is 3.71. The smallest absolute Gasteiger partial charge is 0.136 e. The van der Waals surface area contributed by atoms with Gasteiger partial charge in [-0.15, -0.1) is 0 Å². The predicted octanol–water partition coefficient (Wildman–Crippen LogP) is 3.25. The number of nitrogens with zero attached hydrogens (tertiary/aromatic N) is 1. The van der Waals surface area contributed by atoms with Gasteiger partial charge < -0.3 is 0 Å². The zero-order valence-corrected chi connectivity index (χ0v) is 9.23. The molecule has 0 N–H and O–H groups in total. The van der Waals surface area contributed by atoms with Gasteiger partial charge in [-0.25, -0.2) is 0 Å². The maximum atomic E-state index is 11.9. The third-order valence-corrected chi connectivity index (χ3v) is 3.71. The van der Waals surface area contributed by atoms with E-state index < -0.39 is 0 Å². The van der Waals surface area contributed by atoms with Crippen LogP contribution in [0.15, 0.2) is 29.3 Å². The molecule has 1 aromatic rings. The van der Waals surface area contributed by atoms with Crippen molar-refractivity contribution in [3.8, 4) is 0 Å². The molecule has 0 amide bonds. The number of rotatable bonds is 3. The molecule has 2 aliphatic rings. The van der Waals surface area contributed by atoms with Crippen LogP contribution in [-0.2, 0) is 4.79 Å². The summed E-state index contributed by atoms with van der Waals surface area (Å²) in [5, 5.41) is 0. The first kappa shape index (κ1) is 9.76. The van der Waals surface area contributed by atoms with Gasteiger partial charge in [0.2, 0.25) is 0 Å². The summed E-state index contributed by atoms with van der Waals surface area (Å²) >= 11 is 0. The highest BCUT2D eigenvalue weighted by molar-refractivity contribution is 5.90. The lowest BCUT2D eigenvalue weighted by Crippen LogP contribution is -2.23. The average Bonchev–Trinajstić information content (AvgIpc) is 2.59. The van der Waals surface area contributed by atoms with Gasteiger partial charge in [-0.3, -0.25) is 9.79 Å². The first-order chi connectivity index (χ1) is 7.84.